The number of fused-ring (bicyclic) bond motifs is 1. The monoisotopic (exact) mass is 476 g/mol. The molecule has 0 heterocycles. The Labute approximate surface area is 205 Å². The van der Waals surface area contributed by atoms with E-state index in [9.17, 15) is 14.4 Å². The number of nitrogens with two attached hydrogens (primary N) is 1. The van der Waals surface area contributed by atoms with Crippen LogP contribution in [0.4, 0.5) is 10.5 Å². The first-order chi connectivity index (χ1) is 16.6. The van der Waals surface area contributed by atoms with E-state index < -0.39 is 35.3 Å². The number of nitrogens with one attached hydrogen (secondary N) is 3. The van der Waals surface area contributed by atoms with Crippen molar-refractivity contribution in [2.45, 2.75) is 39.3 Å². The van der Waals surface area contributed by atoms with Crippen LogP contribution in [0.3, 0.4) is 0 Å². The van der Waals surface area contributed by atoms with E-state index in [1.165, 1.54) is 7.11 Å². The Morgan fingerprint density at radius 1 is 0.914 bits per heavy atom. The fourth-order valence-electron chi connectivity index (χ4n) is 3.75. The SMILES string of the molecule is COc1cccc(NC(=O)N[C@H](C(=O)N[C@@H](Cc2ccc3ccccc3c2)C(N)=O)C(C)(C)C)c1. The van der Waals surface area contributed by atoms with E-state index in [2.05, 4.69) is 16.0 Å². The van der Waals surface area contributed by atoms with Gasteiger partial charge in [0.1, 0.15) is 17.8 Å². The highest BCUT2D eigenvalue weighted by molar-refractivity contribution is 5.95. The highest BCUT2D eigenvalue weighted by Crippen LogP contribution is 2.22. The first-order valence-corrected chi connectivity index (χ1v) is 11.4. The smallest absolute Gasteiger partial charge is 0.319 e. The molecular weight excluding hydrogens is 444 g/mol. The summed E-state index contributed by atoms with van der Waals surface area (Å²) in [5, 5.41) is 10.3. The van der Waals surface area contributed by atoms with Gasteiger partial charge in [0.2, 0.25) is 11.8 Å². The van der Waals surface area contributed by atoms with Gasteiger partial charge in [-0.2, -0.15) is 0 Å². The predicted molar refractivity (Wildman–Crippen MR) is 137 cm³/mol. The molecule has 0 saturated heterocycles. The van der Waals surface area contributed by atoms with Crippen LogP contribution in [0.25, 0.3) is 10.8 Å². The van der Waals surface area contributed by atoms with E-state index in [-0.39, 0.29) is 6.42 Å². The molecule has 0 aliphatic rings. The van der Waals surface area contributed by atoms with Gasteiger partial charge in [0.05, 0.1) is 7.11 Å². The molecule has 0 saturated carbocycles. The number of urea groups is 1. The van der Waals surface area contributed by atoms with Crippen LogP contribution in [0.15, 0.2) is 66.7 Å². The first kappa shape index (κ1) is 25.6. The number of primary amides is 1. The average Bonchev–Trinajstić information content (AvgIpc) is 2.81. The zero-order chi connectivity index (χ0) is 25.6. The van der Waals surface area contributed by atoms with Crippen LogP contribution < -0.4 is 26.4 Å². The molecule has 0 bridgehead atoms. The van der Waals surface area contributed by atoms with E-state index >= 15 is 0 Å². The number of hydrogen-bond acceptors (Lipinski definition) is 4. The summed E-state index contributed by atoms with van der Waals surface area (Å²) in [5.74, 6) is -0.561. The molecule has 8 heteroatoms. The molecule has 0 aliphatic heterocycles. The summed E-state index contributed by atoms with van der Waals surface area (Å²) in [6.07, 6.45) is 0.235. The summed E-state index contributed by atoms with van der Waals surface area (Å²) in [5.41, 5.74) is 6.36. The number of carbonyl (C=O) groups is 3. The minimum Gasteiger partial charge on any atom is -0.497 e. The number of carbonyl (C=O) groups excluding carboxylic acids is 3. The lowest BCUT2D eigenvalue weighted by Crippen LogP contribution is -2.58. The minimum atomic E-state index is -0.934. The maximum atomic E-state index is 13.2. The molecule has 3 rings (SSSR count). The maximum absolute atomic E-state index is 13.2. The molecule has 0 aromatic heterocycles. The second-order valence-electron chi connectivity index (χ2n) is 9.48. The van der Waals surface area contributed by atoms with Crippen molar-refractivity contribution in [1.82, 2.24) is 10.6 Å². The number of ether oxygens (including phenoxy) is 1. The Balaban J connectivity index is 1.72. The third-order valence-electron chi connectivity index (χ3n) is 5.64. The summed E-state index contributed by atoms with van der Waals surface area (Å²) in [4.78, 5) is 38.1. The normalized spacial score (nSPS) is 12.9. The quantitative estimate of drug-likeness (QED) is 0.397. The number of methoxy groups -OCH3 is 1. The molecule has 0 fully saturated rings. The van der Waals surface area contributed by atoms with Crippen LogP contribution in [0, 0.1) is 5.41 Å². The van der Waals surface area contributed by atoms with Gasteiger partial charge in [0.15, 0.2) is 0 Å². The van der Waals surface area contributed by atoms with Crippen molar-refractivity contribution < 1.29 is 19.1 Å². The van der Waals surface area contributed by atoms with E-state index in [1.54, 1.807) is 24.3 Å². The van der Waals surface area contributed by atoms with Gasteiger partial charge in [0, 0.05) is 18.2 Å². The van der Waals surface area contributed by atoms with Crippen LogP contribution in [-0.2, 0) is 16.0 Å². The molecule has 4 amide bonds. The summed E-state index contributed by atoms with van der Waals surface area (Å²) < 4.78 is 5.17. The third-order valence-corrected chi connectivity index (χ3v) is 5.64. The second-order valence-corrected chi connectivity index (χ2v) is 9.48. The summed E-state index contributed by atoms with van der Waals surface area (Å²) >= 11 is 0. The van der Waals surface area contributed by atoms with Gasteiger partial charge < -0.3 is 26.4 Å². The molecule has 3 aromatic carbocycles. The molecule has 0 unspecified atom stereocenters. The largest absolute Gasteiger partial charge is 0.497 e. The Hall–Kier alpha value is -4.07. The van der Waals surface area contributed by atoms with Gasteiger partial charge in [0.25, 0.3) is 0 Å². The van der Waals surface area contributed by atoms with E-state index in [4.69, 9.17) is 10.5 Å². The molecule has 35 heavy (non-hydrogen) atoms. The number of anilines is 1. The van der Waals surface area contributed by atoms with Crippen LogP contribution >= 0.6 is 0 Å². The van der Waals surface area contributed by atoms with Crippen LogP contribution in [0.1, 0.15) is 26.3 Å². The van der Waals surface area contributed by atoms with Gasteiger partial charge in [-0.3, -0.25) is 9.59 Å². The fourth-order valence-corrected chi connectivity index (χ4v) is 3.75. The molecule has 184 valence electrons. The molecule has 3 aromatic rings. The Bertz CT molecular complexity index is 1220. The second kappa shape index (κ2) is 10.9. The molecule has 2 atom stereocenters. The first-order valence-electron chi connectivity index (χ1n) is 11.4. The van der Waals surface area contributed by atoms with Crippen molar-refractivity contribution in [2.75, 3.05) is 12.4 Å². The van der Waals surface area contributed by atoms with Gasteiger partial charge >= 0.3 is 6.03 Å². The van der Waals surface area contributed by atoms with E-state index in [1.807, 2.05) is 63.2 Å². The van der Waals surface area contributed by atoms with Gasteiger partial charge in [-0.15, -0.1) is 0 Å². The third kappa shape index (κ3) is 6.96. The van der Waals surface area contributed by atoms with Gasteiger partial charge in [-0.1, -0.05) is 69.3 Å². The average molecular weight is 477 g/mol. The fraction of sp³-hybridized carbons (Fsp3) is 0.296. The molecule has 0 radical (unpaired) electrons. The molecule has 0 spiro atoms. The molecular formula is C27H32N4O4. The zero-order valence-electron chi connectivity index (χ0n) is 20.4. The lowest BCUT2D eigenvalue weighted by atomic mass is 9.86. The summed E-state index contributed by atoms with van der Waals surface area (Å²) in [6.45, 7) is 5.48. The summed E-state index contributed by atoms with van der Waals surface area (Å²) in [6, 6.07) is 18.2. The van der Waals surface area contributed by atoms with Crippen molar-refractivity contribution in [1.29, 1.82) is 0 Å². The zero-order valence-corrected chi connectivity index (χ0v) is 20.4. The Morgan fingerprint density at radius 3 is 2.29 bits per heavy atom. The Kier molecular flexibility index (Phi) is 7.96. The number of amides is 4. The summed E-state index contributed by atoms with van der Waals surface area (Å²) in [7, 11) is 1.53. The highest BCUT2D eigenvalue weighted by Gasteiger charge is 2.34. The highest BCUT2D eigenvalue weighted by atomic mass is 16.5. The minimum absolute atomic E-state index is 0.235. The van der Waals surface area contributed by atoms with Crippen LogP contribution in [-0.4, -0.2) is 37.0 Å². The topological polar surface area (TPSA) is 123 Å². The van der Waals surface area contributed by atoms with Crippen molar-refractivity contribution in [3.8, 4) is 5.75 Å². The molecule has 5 N–H and O–H groups in total. The number of rotatable bonds is 8. The predicted octanol–water partition coefficient (Wildman–Crippen LogP) is 3.60. The number of hydrogen-bond donors (Lipinski definition) is 4. The van der Waals surface area contributed by atoms with Crippen molar-refractivity contribution in [3.05, 3.63) is 72.3 Å². The van der Waals surface area contributed by atoms with Crippen LogP contribution in [0.2, 0.25) is 0 Å². The maximum Gasteiger partial charge on any atom is 0.319 e. The van der Waals surface area contributed by atoms with Crippen molar-refractivity contribution in [2.24, 2.45) is 11.1 Å². The van der Waals surface area contributed by atoms with Crippen molar-refractivity contribution >= 4 is 34.3 Å². The van der Waals surface area contributed by atoms with E-state index in [0.717, 1.165) is 16.3 Å². The Morgan fingerprint density at radius 2 is 1.63 bits per heavy atom. The molecule has 8 nitrogen and oxygen atoms in total. The lowest BCUT2D eigenvalue weighted by Gasteiger charge is -2.31. The van der Waals surface area contributed by atoms with Crippen molar-refractivity contribution in [3.63, 3.8) is 0 Å². The lowest BCUT2D eigenvalue weighted by molar-refractivity contribution is -0.130. The molecule has 0 aliphatic carbocycles. The van der Waals surface area contributed by atoms with Gasteiger partial charge in [-0.05, 0) is 33.9 Å². The van der Waals surface area contributed by atoms with Gasteiger partial charge in [-0.25, -0.2) is 4.79 Å². The van der Waals surface area contributed by atoms with E-state index in [0.29, 0.717) is 11.4 Å². The standard InChI is InChI=1S/C27H32N4O4/c1-27(2,3)23(31-26(34)29-20-10-7-11-21(16-20)35-4)25(33)30-22(24(28)32)15-17-12-13-18-8-5-6-9-19(18)14-17/h5-14,16,22-23H,15H2,1-4H3,(H2,28,32)(H,30,33)(H2,29,31,34)/t22-,23+/m0/s1. The number of benzene rings is 3. The van der Waals surface area contributed by atoms with Crippen LogP contribution in [0.5, 0.6) is 5.75 Å².